The molecule has 2 aromatic carbocycles. The molecule has 1 fully saturated rings. The molecule has 158 valence electrons. The lowest BCUT2D eigenvalue weighted by atomic mass is 9.78. The zero-order valence-electron chi connectivity index (χ0n) is 18.6. The molecule has 2 heterocycles. The second-order valence-electron chi connectivity index (χ2n) is 9.34. The van der Waals surface area contributed by atoms with Crippen LogP contribution in [0.3, 0.4) is 0 Å². The van der Waals surface area contributed by atoms with Crippen LogP contribution in [0.5, 0.6) is 0 Å². The van der Waals surface area contributed by atoms with E-state index in [1.165, 1.54) is 5.56 Å². The summed E-state index contributed by atoms with van der Waals surface area (Å²) in [5.74, 6) is 0.0706. The van der Waals surface area contributed by atoms with E-state index in [0.29, 0.717) is 6.54 Å². The van der Waals surface area contributed by atoms with Gasteiger partial charge >= 0.3 is 7.12 Å². The van der Waals surface area contributed by atoms with Crippen molar-refractivity contribution < 1.29 is 14.1 Å². The van der Waals surface area contributed by atoms with E-state index in [4.69, 9.17) is 9.31 Å². The number of carbonyl (C=O) groups is 1. The molecule has 4 rings (SSSR count). The topological polar surface area (TPSA) is 42.0 Å². The van der Waals surface area contributed by atoms with Crippen molar-refractivity contribution in [3.05, 3.63) is 59.7 Å². The maximum atomic E-state index is 12.3. The molecule has 1 saturated heterocycles. The fourth-order valence-corrected chi connectivity index (χ4v) is 4.11. The zero-order chi connectivity index (χ0) is 21.5. The molecule has 0 atom stereocenters. The molecule has 0 aliphatic carbocycles. The van der Waals surface area contributed by atoms with Gasteiger partial charge in [-0.15, -0.1) is 0 Å². The lowest BCUT2D eigenvalue weighted by Gasteiger charge is -2.32. The number of rotatable bonds is 3. The molecule has 0 spiro atoms. The van der Waals surface area contributed by atoms with E-state index < -0.39 is 7.12 Å². The Balaban J connectivity index is 1.64. The van der Waals surface area contributed by atoms with Gasteiger partial charge in [-0.1, -0.05) is 42.5 Å². The van der Waals surface area contributed by atoms with Crippen LogP contribution in [0.1, 0.15) is 45.7 Å². The number of nitrogens with zero attached hydrogens (tertiary/aromatic N) is 2. The molecule has 1 amide bonds. The molecule has 0 radical (unpaired) electrons. The lowest BCUT2D eigenvalue weighted by Crippen LogP contribution is -2.41. The number of benzene rings is 2. The van der Waals surface area contributed by atoms with E-state index in [1.54, 1.807) is 6.92 Å². The molecule has 0 bridgehead atoms. The van der Waals surface area contributed by atoms with E-state index in [1.807, 2.05) is 23.1 Å². The molecule has 30 heavy (non-hydrogen) atoms. The monoisotopic (exact) mass is 406 g/mol. The summed E-state index contributed by atoms with van der Waals surface area (Å²) in [7, 11) is -0.406. The zero-order valence-corrected chi connectivity index (χ0v) is 18.6. The normalized spacial score (nSPS) is 20.7. The van der Waals surface area contributed by atoms with Crippen molar-refractivity contribution in [3.63, 3.8) is 0 Å². The average Bonchev–Trinajstić information content (AvgIpc) is 2.80. The maximum absolute atomic E-state index is 12.3. The fourth-order valence-electron chi connectivity index (χ4n) is 4.11. The molecule has 6 heteroatoms. The number of fused-ring (bicyclic) bond motifs is 1. The predicted octanol–water partition coefficient (Wildman–Crippen LogP) is 3.35. The SMILES string of the molecule is CC(=O)N1CCN(Cc2ccccc2)Cc2cc(B3OC(C)(C)C(C)(C)O3)ccc21. The Morgan fingerprint density at radius 1 is 1.00 bits per heavy atom. The highest BCUT2D eigenvalue weighted by atomic mass is 16.7. The van der Waals surface area contributed by atoms with Crippen LogP contribution in [0.4, 0.5) is 5.69 Å². The molecule has 2 aliphatic rings. The average molecular weight is 406 g/mol. The molecule has 5 nitrogen and oxygen atoms in total. The number of amides is 1. The minimum atomic E-state index is -0.406. The third-order valence-corrected chi connectivity index (χ3v) is 6.58. The van der Waals surface area contributed by atoms with Gasteiger partial charge in [0, 0.05) is 38.8 Å². The molecular formula is C24H31BN2O3. The highest BCUT2D eigenvalue weighted by molar-refractivity contribution is 6.62. The number of hydrogen-bond donors (Lipinski definition) is 0. The Hall–Kier alpha value is -2.15. The Kier molecular flexibility index (Phi) is 5.51. The van der Waals surface area contributed by atoms with Crippen LogP contribution >= 0.6 is 0 Å². The summed E-state index contributed by atoms with van der Waals surface area (Å²) in [5.41, 5.74) is 3.63. The smallest absolute Gasteiger partial charge is 0.399 e. The molecular weight excluding hydrogens is 375 g/mol. The van der Waals surface area contributed by atoms with Gasteiger partial charge in [0.05, 0.1) is 11.2 Å². The van der Waals surface area contributed by atoms with Crippen molar-refractivity contribution in [1.82, 2.24) is 4.90 Å². The molecule has 0 saturated carbocycles. The van der Waals surface area contributed by atoms with Crippen molar-refractivity contribution in [3.8, 4) is 0 Å². The maximum Gasteiger partial charge on any atom is 0.494 e. The standard InChI is InChI=1S/C24H31BN2O3/c1-18(28)27-14-13-26(16-19-9-7-6-8-10-19)17-20-15-21(11-12-22(20)27)25-29-23(2,3)24(4,5)30-25/h6-12,15H,13-14,16-17H2,1-5H3. The van der Waals surface area contributed by atoms with Gasteiger partial charge in [0.2, 0.25) is 5.91 Å². The molecule has 2 aliphatic heterocycles. The Morgan fingerprint density at radius 3 is 2.30 bits per heavy atom. The van der Waals surface area contributed by atoms with Crippen LogP contribution in [-0.2, 0) is 27.2 Å². The quantitative estimate of drug-likeness (QED) is 0.734. The highest BCUT2D eigenvalue weighted by Crippen LogP contribution is 2.37. The van der Waals surface area contributed by atoms with Gasteiger partial charge in [-0.25, -0.2) is 0 Å². The van der Waals surface area contributed by atoms with Crippen molar-refractivity contribution in [2.24, 2.45) is 0 Å². The van der Waals surface area contributed by atoms with Crippen molar-refractivity contribution in [2.45, 2.75) is 58.9 Å². The summed E-state index contributed by atoms with van der Waals surface area (Å²) >= 11 is 0. The van der Waals surface area contributed by atoms with Gasteiger partial charge in [-0.3, -0.25) is 9.69 Å². The molecule has 2 aromatic rings. The van der Waals surface area contributed by atoms with Crippen LogP contribution in [0, 0.1) is 0 Å². The van der Waals surface area contributed by atoms with E-state index in [2.05, 4.69) is 62.9 Å². The van der Waals surface area contributed by atoms with Crippen molar-refractivity contribution >= 4 is 24.2 Å². The third kappa shape index (κ3) is 4.04. The summed E-state index contributed by atoms with van der Waals surface area (Å²) < 4.78 is 12.5. The first kappa shape index (κ1) is 21.1. The molecule has 0 aromatic heterocycles. The van der Waals surface area contributed by atoms with Crippen LogP contribution in [0.25, 0.3) is 0 Å². The second-order valence-corrected chi connectivity index (χ2v) is 9.34. The van der Waals surface area contributed by atoms with Gasteiger partial charge in [-0.2, -0.15) is 0 Å². The van der Waals surface area contributed by atoms with Crippen LogP contribution in [-0.4, -0.2) is 42.2 Å². The first-order chi connectivity index (χ1) is 14.2. The summed E-state index contributed by atoms with van der Waals surface area (Å²) in [6.07, 6.45) is 0. The van der Waals surface area contributed by atoms with Gasteiger partial charge < -0.3 is 14.2 Å². The first-order valence-corrected chi connectivity index (χ1v) is 10.7. The highest BCUT2D eigenvalue weighted by Gasteiger charge is 2.51. The van der Waals surface area contributed by atoms with Gasteiger partial charge in [0.1, 0.15) is 0 Å². The van der Waals surface area contributed by atoms with Gasteiger partial charge in [0.15, 0.2) is 0 Å². The van der Waals surface area contributed by atoms with Crippen LogP contribution < -0.4 is 10.4 Å². The van der Waals surface area contributed by atoms with E-state index >= 15 is 0 Å². The minimum Gasteiger partial charge on any atom is -0.399 e. The van der Waals surface area contributed by atoms with Crippen LogP contribution in [0.2, 0.25) is 0 Å². The number of carbonyl (C=O) groups excluding carboxylic acids is 1. The third-order valence-electron chi connectivity index (χ3n) is 6.58. The fraction of sp³-hybridized carbons (Fsp3) is 0.458. The Morgan fingerprint density at radius 2 is 1.67 bits per heavy atom. The number of anilines is 1. The molecule has 0 N–H and O–H groups in total. The van der Waals surface area contributed by atoms with Crippen LogP contribution in [0.15, 0.2) is 48.5 Å². The lowest BCUT2D eigenvalue weighted by molar-refractivity contribution is -0.116. The van der Waals surface area contributed by atoms with E-state index in [9.17, 15) is 4.79 Å². The largest absolute Gasteiger partial charge is 0.494 e. The summed E-state index contributed by atoms with van der Waals surface area (Å²) in [5, 5.41) is 0. The minimum absolute atomic E-state index is 0.0706. The molecule has 0 unspecified atom stereocenters. The van der Waals surface area contributed by atoms with Gasteiger partial charge in [0.25, 0.3) is 0 Å². The first-order valence-electron chi connectivity index (χ1n) is 10.7. The number of hydrogen-bond acceptors (Lipinski definition) is 4. The summed E-state index contributed by atoms with van der Waals surface area (Å²) in [6, 6.07) is 16.7. The summed E-state index contributed by atoms with van der Waals surface area (Å²) in [6.45, 7) is 13.0. The Labute approximate surface area is 180 Å². The van der Waals surface area contributed by atoms with Crippen molar-refractivity contribution in [1.29, 1.82) is 0 Å². The van der Waals surface area contributed by atoms with Gasteiger partial charge in [-0.05, 0) is 50.4 Å². The second kappa shape index (κ2) is 7.84. The summed E-state index contributed by atoms with van der Waals surface area (Å²) in [4.78, 5) is 16.6. The van der Waals surface area contributed by atoms with Crippen molar-refractivity contribution in [2.75, 3.05) is 18.0 Å². The Bertz CT molecular complexity index is 913. The predicted molar refractivity (Wildman–Crippen MR) is 121 cm³/mol. The van der Waals surface area contributed by atoms with E-state index in [0.717, 1.165) is 36.3 Å². The van der Waals surface area contributed by atoms with E-state index in [-0.39, 0.29) is 17.1 Å².